The van der Waals surface area contributed by atoms with Crippen molar-refractivity contribution >= 4 is 5.78 Å². The highest BCUT2D eigenvalue weighted by molar-refractivity contribution is 5.78. The molecule has 0 radical (unpaired) electrons. The molecule has 3 fully saturated rings. The Morgan fingerprint density at radius 3 is 1.34 bits per heavy atom. The smallest absolute Gasteiger partial charge is 0.132 e. The summed E-state index contributed by atoms with van der Waals surface area (Å²) in [5, 5.41) is 0. The highest BCUT2D eigenvalue weighted by Crippen LogP contribution is 2.38. The molecule has 1 aromatic carbocycles. The van der Waals surface area contributed by atoms with Crippen LogP contribution in [-0.2, 0) is 4.79 Å². The quantitative estimate of drug-likeness (QED) is 0.373. The summed E-state index contributed by atoms with van der Waals surface area (Å²) >= 11 is 0. The van der Waals surface area contributed by atoms with Gasteiger partial charge in [0.2, 0.25) is 0 Å². The standard InChI is InChI=1S/C15H22.C11H20O.C10H20.CH4/c1-12(2)13-8-10-15(11-9-13)14-6-4-3-5-7-14;1-8(2)10-4-6-11(7-5-10)9(3)12;1-8(2)10-6-4-9(3)5-7-10;/h3-7,12-13,15H,8-11H2,1-2H3;8,10-11H,4-7H2,1-3H3;8-10H,4-7H2,1-3H3;1H4. The first-order valence-electron chi connectivity index (χ1n) is 16.1. The van der Waals surface area contributed by atoms with Gasteiger partial charge in [0, 0.05) is 5.92 Å². The lowest BCUT2D eigenvalue weighted by Crippen LogP contribution is -2.22. The average molecular weight is 527 g/mol. The van der Waals surface area contributed by atoms with Crippen LogP contribution in [0.3, 0.4) is 0 Å². The van der Waals surface area contributed by atoms with E-state index in [4.69, 9.17) is 0 Å². The van der Waals surface area contributed by atoms with E-state index in [-0.39, 0.29) is 7.43 Å². The Morgan fingerprint density at radius 1 is 0.605 bits per heavy atom. The lowest BCUT2D eigenvalue weighted by atomic mass is 9.75. The predicted octanol–water partition coefficient (Wildman–Crippen LogP) is 11.8. The molecule has 0 atom stereocenters. The van der Waals surface area contributed by atoms with Gasteiger partial charge in [-0.05, 0) is 124 Å². The summed E-state index contributed by atoms with van der Waals surface area (Å²) in [6, 6.07) is 11.0. The van der Waals surface area contributed by atoms with Gasteiger partial charge >= 0.3 is 0 Å². The largest absolute Gasteiger partial charge is 0.300 e. The molecule has 0 saturated heterocycles. The van der Waals surface area contributed by atoms with Crippen molar-refractivity contribution in [2.45, 2.75) is 146 Å². The number of rotatable bonds is 5. The Hall–Kier alpha value is -1.11. The zero-order valence-electron chi connectivity index (χ0n) is 26.0. The molecule has 0 aromatic heterocycles. The molecule has 3 aliphatic carbocycles. The van der Waals surface area contributed by atoms with E-state index in [1.807, 2.05) is 0 Å². The molecule has 3 saturated carbocycles. The number of ketones is 1. The monoisotopic (exact) mass is 527 g/mol. The molecule has 220 valence electrons. The van der Waals surface area contributed by atoms with Crippen molar-refractivity contribution in [3.8, 4) is 0 Å². The molecule has 0 aliphatic heterocycles. The highest BCUT2D eigenvalue weighted by Gasteiger charge is 2.26. The molecule has 0 heterocycles. The SMILES string of the molecule is C.CC(=O)C1CCC(C(C)C)CC1.CC(C)C1CCC(c2ccccc2)CC1.CC1CCC(C(C)C)CC1. The Balaban J connectivity index is 0.000000288. The fourth-order valence-electron chi connectivity index (χ4n) is 6.99. The van der Waals surface area contributed by atoms with E-state index in [9.17, 15) is 4.79 Å². The van der Waals surface area contributed by atoms with Crippen LogP contribution in [0.15, 0.2) is 30.3 Å². The minimum absolute atomic E-state index is 0. The van der Waals surface area contributed by atoms with Crippen molar-refractivity contribution in [2.24, 2.45) is 47.3 Å². The summed E-state index contributed by atoms with van der Waals surface area (Å²) in [6.07, 6.45) is 16.4. The van der Waals surface area contributed by atoms with Gasteiger partial charge in [-0.1, -0.05) is 99.1 Å². The number of Topliss-reactive ketones (excluding diaryl/α,β-unsaturated/α-hetero) is 1. The Kier molecular flexibility index (Phi) is 16.8. The second-order valence-corrected chi connectivity index (χ2v) is 14.0. The zero-order chi connectivity index (χ0) is 27.4. The molecule has 1 aromatic rings. The van der Waals surface area contributed by atoms with Gasteiger partial charge in [0.15, 0.2) is 0 Å². The van der Waals surface area contributed by atoms with E-state index in [2.05, 4.69) is 78.8 Å². The van der Waals surface area contributed by atoms with Crippen LogP contribution in [-0.4, -0.2) is 5.78 Å². The number of carbonyl (C=O) groups is 1. The van der Waals surface area contributed by atoms with E-state index in [1.54, 1.807) is 12.5 Å². The van der Waals surface area contributed by atoms with E-state index < -0.39 is 0 Å². The van der Waals surface area contributed by atoms with Crippen molar-refractivity contribution < 1.29 is 4.79 Å². The molecule has 0 spiro atoms. The van der Waals surface area contributed by atoms with Gasteiger partial charge in [-0.15, -0.1) is 0 Å². The van der Waals surface area contributed by atoms with Crippen LogP contribution in [0.5, 0.6) is 0 Å². The van der Waals surface area contributed by atoms with E-state index >= 15 is 0 Å². The number of benzene rings is 1. The van der Waals surface area contributed by atoms with E-state index in [0.29, 0.717) is 11.7 Å². The lowest BCUT2D eigenvalue weighted by Gasteiger charge is -2.31. The van der Waals surface area contributed by atoms with Crippen molar-refractivity contribution in [2.75, 3.05) is 0 Å². The van der Waals surface area contributed by atoms with Gasteiger partial charge in [-0.25, -0.2) is 0 Å². The normalized spacial score (nSPS) is 29.4. The van der Waals surface area contributed by atoms with Gasteiger partial charge in [0.05, 0.1) is 0 Å². The summed E-state index contributed by atoms with van der Waals surface area (Å²) in [5.41, 5.74) is 1.56. The summed E-state index contributed by atoms with van der Waals surface area (Å²) in [7, 11) is 0. The predicted molar refractivity (Wildman–Crippen MR) is 170 cm³/mol. The van der Waals surface area contributed by atoms with E-state index in [1.165, 1.54) is 64.2 Å². The summed E-state index contributed by atoms with van der Waals surface area (Å²) in [5.74, 6) is 8.13. The maximum absolute atomic E-state index is 11.1. The van der Waals surface area contributed by atoms with Gasteiger partial charge in [-0.3, -0.25) is 4.79 Å². The third-order valence-electron chi connectivity index (χ3n) is 10.3. The second-order valence-electron chi connectivity index (χ2n) is 14.0. The van der Waals surface area contributed by atoms with Crippen molar-refractivity contribution in [3.63, 3.8) is 0 Å². The first-order chi connectivity index (χ1) is 17.6. The minimum atomic E-state index is 0. The summed E-state index contributed by atoms with van der Waals surface area (Å²) in [4.78, 5) is 11.1. The van der Waals surface area contributed by atoms with Crippen LogP contribution < -0.4 is 0 Å². The number of carbonyl (C=O) groups excluding carboxylic acids is 1. The van der Waals surface area contributed by atoms with Crippen LogP contribution in [0.25, 0.3) is 0 Å². The first-order valence-corrected chi connectivity index (χ1v) is 16.1. The number of hydrogen-bond acceptors (Lipinski definition) is 1. The average Bonchev–Trinajstić information content (AvgIpc) is 2.90. The van der Waals surface area contributed by atoms with Crippen LogP contribution in [0.4, 0.5) is 0 Å². The van der Waals surface area contributed by atoms with Gasteiger partial charge in [0.25, 0.3) is 0 Å². The van der Waals surface area contributed by atoms with Crippen LogP contribution in [0.1, 0.15) is 151 Å². The topological polar surface area (TPSA) is 17.1 Å². The second kappa shape index (κ2) is 18.3. The Bertz CT molecular complexity index is 708. The van der Waals surface area contributed by atoms with Crippen molar-refractivity contribution in [3.05, 3.63) is 35.9 Å². The molecule has 3 aliphatic rings. The maximum atomic E-state index is 11.1. The third-order valence-corrected chi connectivity index (χ3v) is 10.3. The van der Waals surface area contributed by atoms with Gasteiger partial charge < -0.3 is 0 Å². The third kappa shape index (κ3) is 12.4. The molecule has 0 unspecified atom stereocenters. The maximum Gasteiger partial charge on any atom is 0.132 e. The molecule has 0 bridgehead atoms. The van der Waals surface area contributed by atoms with Gasteiger partial charge in [-0.2, -0.15) is 0 Å². The van der Waals surface area contributed by atoms with Crippen LogP contribution >= 0.6 is 0 Å². The molecular weight excluding hydrogens is 460 g/mol. The minimum Gasteiger partial charge on any atom is -0.300 e. The molecule has 38 heavy (non-hydrogen) atoms. The lowest BCUT2D eigenvalue weighted by molar-refractivity contribution is -0.122. The molecule has 4 rings (SSSR count). The first kappa shape index (κ1) is 34.9. The zero-order valence-corrected chi connectivity index (χ0v) is 26.0. The van der Waals surface area contributed by atoms with Gasteiger partial charge in [0.1, 0.15) is 5.78 Å². The Morgan fingerprint density at radius 2 is 0.974 bits per heavy atom. The van der Waals surface area contributed by atoms with E-state index in [0.717, 1.165) is 60.2 Å². The molecular formula is C37H66O. The molecule has 0 N–H and O–H groups in total. The summed E-state index contributed by atoms with van der Waals surface area (Å²) < 4.78 is 0. The highest BCUT2D eigenvalue weighted by atomic mass is 16.1. The fourth-order valence-corrected chi connectivity index (χ4v) is 6.99. The van der Waals surface area contributed by atoms with Crippen LogP contribution in [0.2, 0.25) is 0 Å². The molecule has 1 heteroatoms. The van der Waals surface area contributed by atoms with Crippen molar-refractivity contribution in [1.82, 2.24) is 0 Å². The summed E-state index contributed by atoms with van der Waals surface area (Å²) in [6.45, 7) is 18.2. The fraction of sp³-hybridized carbons (Fsp3) is 0.811. The molecule has 1 nitrogen and oxygen atoms in total. The Labute approximate surface area is 239 Å². The number of hydrogen-bond donors (Lipinski definition) is 0. The van der Waals surface area contributed by atoms with Crippen LogP contribution in [0, 0.1) is 47.3 Å². The van der Waals surface area contributed by atoms with Crippen molar-refractivity contribution in [1.29, 1.82) is 0 Å². The molecule has 0 amide bonds.